The summed E-state index contributed by atoms with van der Waals surface area (Å²) in [4.78, 5) is 25.1. The molecule has 0 spiro atoms. The largest absolute Gasteiger partial charge is 0.350 e. The van der Waals surface area contributed by atoms with Crippen LogP contribution in [0.5, 0.6) is 0 Å². The number of benzene rings is 1. The summed E-state index contributed by atoms with van der Waals surface area (Å²) in [5.41, 5.74) is 5.18. The molecule has 28 heavy (non-hydrogen) atoms. The summed E-state index contributed by atoms with van der Waals surface area (Å²) in [6, 6.07) is 2.13. The standard InChI is InChI=1S/C20H29F2N3O2.ClH/c1-12(2)18(25-19(26)17-14(21)9-6-10-15(17)22)20(27)24-16(11-23)13-7-4-3-5-8-13;/h6,9-10,12-13,16,18H,3-5,7-8,11,23H2,1-2H3,(H,24,27)(H,25,26);1H. The minimum absolute atomic E-state index is 0. The van der Waals surface area contributed by atoms with Gasteiger partial charge in [-0.15, -0.1) is 12.4 Å². The predicted octanol–water partition coefficient (Wildman–Crippen LogP) is 3.16. The number of carbonyl (C=O) groups is 2. The highest BCUT2D eigenvalue weighted by molar-refractivity contribution is 5.98. The van der Waals surface area contributed by atoms with Gasteiger partial charge in [-0.3, -0.25) is 9.59 Å². The van der Waals surface area contributed by atoms with Gasteiger partial charge in [0.15, 0.2) is 0 Å². The topological polar surface area (TPSA) is 84.2 Å². The van der Waals surface area contributed by atoms with Crippen molar-refractivity contribution in [2.75, 3.05) is 6.54 Å². The first kappa shape index (κ1) is 24.3. The smallest absolute Gasteiger partial charge is 0.257 e. The Morgan fingerprint density at radius 1 is 1.11 bits per heavy atom. The van der Waals surface area contributed by atoms with Gasteiger partial charge in [-0.25, -0.2) is 8.78 Å². The average molecular weight is 418 g/mol. The molecule has 0 aromatic heterocycles. The molecule has 1 aromatic carbocycles. The quantitative estimate of drug-likeness (QED) is 0.637. The highest BCUT2D eigenvalue weighted by Gasteiger charge is 2.30. The Morgan fingerprint density at radius 2 is 1.68 bits per heavy atom. The van der Waals surface area contributed by atoms with E-state index in [9.17, 15) is 18.4 Å². The summed E-state index contributed by atoms with van der Waals surface area (Å²) >= 11 is 0. The Hall–Kier alpha value is -1.73. The third-order valence-electron chi connectivity index (χ3n) is 5.23. The van der Waals surface area contributed by atoms with Crippen LogP contribution in [0.25, 0.3) is 0 Å². The third-order valence-corrected chi connectivity index (χ3v) is 5.23. The van der Waals surface area contributed by atoms with Crippen LogP contribution in [0.2, 0.25) is 0 Å². The van der Waals surface area contributed by atoms with E-state index in [4.69, 9.17) is 5.73 Å². The first-order valence-corrected chi connectivity index (χ1v) is 9.60. The van der Waals surface area contributed by atoms with Gasteiger partial charge in [0.1, 0.15) is 23.2 Å². The van der Waals surface area contributed by atoms with Crippen LogP contribution in [-0.2, 0) is 4.79 Å². The zero-order chi connectivity index (χ0) is 20.0. The molecule has 0 aliphatic heterocycles. The highest BCUT2D eigenvalue weighted by Crippen LogP contribution is 2.26. The lowest BCUT2D eigenvalue weighted by molar-refractivity contribution is -0.125. The maximum atomic E-state index is 13.8. The van der Waals surface area contributed by atoms with Crippen molar-refractivity contribution in [3.63, 3.8) is 0 Å². The maximum Gasteiger partial charge on any atom is 0.257 e. The van der Waals surface area contributed by atoms with Crippen LogP contribution in [0, 0.1) is 23.5 Å². The summed E-state index contributed by atoms with van der Waals surface area (Å²) < 4.78 is 27.7. The number of rotatable bonds is 7. The second-order valence-corrected chi connectivity index (χ2v) is 7.54. The minimum Gasteiger partial charge on any atom is -0.350 e. The molecule has 0 radical (unpaired) electrons. The molecule has 5 nitrogen and oxygen atoms in total. The molecule has 1 aliphatic carbocycles. The fourth-order valence-corrected chi connectivity index (χ4v) is 3.64. The average Bonchev–Trinajstić information content (AvgIpc) is 2.64. The van der Waals surface area contributed by atoms with Crippen molar-refractivity contribution in [1.82, 2.24) is 10.6 Å². The zero-order valence-corrected chi connectivity index (χ0v) is 17.2. The second-order valence-electron chi connectivity index (χ2n) is 7.54. The van der Waals surface area contributed by atoms with Crippen molar-refractivity contribution < 1.29 is 18.4 Å². The Bertz CT molecular complexity index is 647. The normalized spacial score (nSPS) is 16.8. The predicted molar refractivity (Wildman–Crippen MR) is 107 cm³/mol. The van der Waals surface area contributed by atoms with Crippen molar-refractivity contribution in [2.24, 2.45) is 17.6 Å². The molecule has 4 N–H and O–H groups in total. The molecule has 1 fully saturated rings. The van der Waals surface area contributed by atoms with Crippen LogP contribution in [0.4, 0.5) is 8.78 Å². The van der Waals surface area contributed by atoms with Crippen LogP contribution in [-0.4, -0.2) is 30.4 Å². The molecule has 2 atom stereocenters. The van der Waals surface area contributed by atoms with E-state index in [0.717, 1.165) is 37.8 Å². The van der Waals surface area contributed by atoms with E-state index in [1.54, 1.807) is 13.8 Å². The lowest BCUT2D eigenvalue weighted by Gasteiger charge is -2.32. The Balaban J connectivity index is 0.00000392. The van der Waals surface area contributed by atoms with Gasteiger partial charge in [0.05, 0.1) is 0 Å². The number of hydrogen-bond acceptors (Lipinski definition) is 3. The molecule has 0 bridgehead atoms. The van der Waals surface area contributed by atoms with E-state index in [1.165, 1.54) is 12.5 Å². The van der Waals surface area contributed by atoms with Gasteiger partial charge in [-0.1, -0.05) is 39.2 Å². The molecular formula is C20H30ClF2N3O2. The van der Waals surface area contributed by atoms with Crippen LogP contribution >= 0.6 is 12.4 Å². The molecule has 158 valence electrons. The van der Waals surface area contributed by atoms with Crippen LogP contribution in [0.1, 0.15) is 56.3 Å². The zero-order valence-electron chi connectivity index (χ0n) is 16.3. The number of hydrogen-bond donors (Lipinski definition) is 3. The van der Waals surface area contributed by atoms with Gasteiger partial charge >= 0.3 is 0 Å². The van der Waals surface area contributed by atoms with Gasteiger partial charge in [-0.2, -0.15) is 0 Å². The van der Waals surface area contributed by atoms with Crippen LogP contribution in [0.3, 0.4) is 0 Å². The lowest BCUT2D eigenvalue weighted by Crippen LogP contribution is -2.55. The van der Waals surface area contributed by atoms with E-state index < -0.39 is 29.1 Å². The fraction of sp³-hybridized carbons (Fsp3) is 0.600. The van der Waals surface area contributed by atoms with E-state index in [-0.39, 0.29) is 30.3 Å². The van der Waals surface area contributed by atoms with Gasteiger partial charge in [-0.05, 0) is 36.8 Å². The third kappa shape index (κ3) is 6.14. The number of halogens is 3. The van der Waals surface area contributed by atoms with Crippen molar-refractivity contribution >= 4 is 24.2 Å². The minimum atomic E-state index is -0.961. The lowest BCUT2D eigenvalue weighted by atomic mass is 9.83. The van der Waals surface area contributed by atoms with Crippen LogP contribution < -0.4 is 16.4 Å². The summed E-state index contributed by atoms with van der Waals surface area (Å²) in [7, 11) is 0. The van der Waals surface area contributed by atoms with E-state index in [1.807, 2.05) is 0 Å². The molecule has 0 saturated heterocycles. The molecule has 8 heteroatoms. The molecule has 2 unspecified atom stereocenters. The Labute approximate surface area is 171 Å². The summed E-state index contributed by atoms with van der Waals surface area (Å²) in [5.74, 6) is -3.18. The monoisotopic (exact) mass is 417 g/mol. The van der Waals surface area contributed by atoms with E-state index >= 15 is 0 Å². The van der Waals surface area contributed by atoms with E-state index in [0.29, 0.717) is 12.5 Å². The first-order chi connectivity index (χ1) is 12.8. The molecular weight excluding hydrogens is 388 g/mol. The van der Waals surface area contributed by atoms with Gasteiger partial charge < -0.3 is 16.4 Å². The van der Waals surface area contributed by atoms with Crippen molar-refractivity contribution in [2.45, 2.75) is 58.0 Å². The maximum absolute atomic E-state index is 13.8. The van der Waals surface area contributed by atoms with Crippen molar-refractivity contribution in [1.29, 1.82) is 0 Å². The first-order valence-electron chi connectivity index (χ1n) is 9.60. The SMILES string of the molecule is CC(C)C(NC(=O)c1c(F)cccc1F)C(=O)NC(CN)C1CCCCC1.Cl. The second kappa shape index (κ2) is 11.3. The van der Waals surface area contributed by atoms with Crippen molar-refractivity contribution in [3.8, 4) is 0 Å². The summed E-state index contributed by atoms with van der Waals surface area (Å²) in [6.07, 6.45) is 5.46. The van der Waals surface area contributed by atoms with Gasteiger partial charge in [0.25, 0.3) is 5.91 Å². The molecule has 0 heterocycles. The number of nitrogens with one attached hydrogen (secondary N) is 2. The Morgan fingerprint density at radius 3 is 2.18 bits per heavy atom. The van der Waals surface area contributed by atoms with Gasteiger partial charge in [0.2, 0.25) is 5.91 Å². The van der Waals surface area contributed by atoms with Crippen molar-refractivity contribution in [3.05, 3.63) is 35.4 Å². The highest BCUT2D eigenvalue weighted by atomic mass is 35.5. The number of carbonyl (C=O) groups excluding carboxylic acids is 2. The van der Waals surface area contributed by atoms with Crippen LogP contribution in [0.15, 0.2) is 18.2 Å². The molecule has 1 aliphatic rings. The molecule has 2 amide bonds. The number of nitrogens with two attached hydrogens (primary N) is 1. The number of amides is 2. The van der Waals surface area contributed by atoms with E-state index in [2.05, 4.69) is 10.6 Å². The Kier molecular flexibility index (Phi) is 9.82. The van der Waals surface area contributed by atoms with Gasteiger partial charge in [0, 0.05) is 12.6 Å². The molecule has 2 rings (SSSR count). The summed E-state index contributed by atoms with van der Waals surface area (Å²) in [5, 5.41) is 5.41. The molecule has 1 saturated carbocycles. The summed E-state index contributed by atoms with van der Waals surface area (Å²) in [6.45, 7) is 3.84. The fourth-order valence-electron chi connectivity index (χ4n) is 3.64. The molecule has 1 aromatic rings.